The minimum atomic E-state index is -0.146. The first-order chi connectivity index (χ1) is 14.1. The van der Waals surface area contributed by atoms with Gasteiger partial charge in [-0.05, 0) is 31.5 Å². The number of carbonyl (C=O) groups is 1. The molecule has 29 heavy (non-hydrogen) atoms. The highest BCUT2D eigenvalue weighted by atomic mass is 32.1. The Morgan fingerprint density at radius 3 is 2.90 bits per heavy atom. The topological polar surface area (TPSA) is 93.8 Å². The van der Waals surface area contributed by atoms with Crippen LogP contribution in [0.3, 0.4) is 0 Å². The second kappa shape index (κ2) is 8.32. The van der Waals surface area contributed by atoms with Crippen LogP contribution in [0, 0.1) is 13.8 Å². The molecular weight excluding hydrogens is 386 g/mol. The molecule has 0 aliphatic carbocycles. The molecule has 0 saturated carbocycles. The Balaban J connectivity index is 1.35. The average molecular weight is 405 g/mol. The van der Waals surface area contributed by atoms with Crippen molar-refractivity contribution in [1.82, 2.24) is 20.1 Å². The SMILES string of the molecule is Cc1ccc(-c2csc(NC(=O)CCc3nc(-c4cccnc4)no3)n2)c(C)c1. The molecule has 0 radical (unpaired) electrons. The lowest BCUT2D eigenvalue weighted by Gasteiger charge is -2.03. The number of anilines is 1. The maximum Gasteiger partial charge on any atom is 0.227 e. The molecule has 1 aromatic carbocycles. The van der Waals surface area contributed by atoms with Crippen molar-refractivity contribution in [3.05, 3.63) is 65.1 Å². The summed E-state index contributed by atoms with van der Waals surface area (Å²) in [7, 11) is 0. The van der Waals surface area contributed by atoms with E-state index >= 15 is 0 Å². The van der Waals surface area contributed by atoms with E-state index in [2.05, 4.69) is 57.5 Å². The summed E-state index contributed by atoms with van der Waals surface area (Å²) in [4.78, 5) is 25.2. The molecule has 0 aliphatic heterocycles. The lowest BCUT2D eigenvalue weighted by molar-refractivity contribution is -0.116. The predicted molar refractivity (Wildman–Crippen MR) is 112 cm³/mol. The molecule has 0 spiro atoms. The molecule has 3 heterocycles. The summed E-state index contributed by atoms with van der Waals surface area (Å²) in [6, 6.07) is 9.89. The van der Waals surface area contributed by atoms with Gasteiger partial charge in [-0.1, -0.05) is 28.9 Å². The van der Waals surface area contributed by atoms with Crippen molar-refractivity contribution in [2.45, 2.75) is 26.7 Å². The Labute approximate surface area is 171 Å². The number of rotatable bonds is 6. The number of aromatic nitrogens is 4. The smallest absolute Gasteiger partial charge is 0.227 e. The summed E-state index contributed by atoms with van der Waals surface area (Å²) in [5, 5.41) is 9.30. The maximum absolute atomic E-state index is 12.3. The number of hydrogen-bond acceptors (Lipinski definition) is 7. The van der Waals surface area contributed by atoms with Gasteiger partial charge in [-0.3, -0.25) is 9.78 Å². The number of hydrogen-bond donors (Lipinski definition) is 1. The molecule has 4 aromatic rings. The highest BCUT2D eigenvalue weighted by molar-refractivity contribution is 7.14. The Morgan fingerprint density at radius 2 is 2.10 bits per heavy atom. The van der Waals surface area contributed by atoms with Crippen LogP contribution in [-0.2, 0) is 11.2 Å². The van der Waals surface area contributed by atoms with Gasteiger partial charge in [-0.15, -0.1) is 11.3 Å². The van der Waals surface area contributed by atoms with E-state index in [0.29, 0.717) is 23.3 Å². The number of benzene rings is 1. The van der Waals surface area contributed by atoms with E-state index in [4.69, 9.17) is 4.52 Å². The van der Waals surface area contributed by atoms with E-state index in [0.717, 1.165) is 22.4 Å². The van der Waals surface area contributed by atoms with E-state index in [1.807, 2.05) is 11.4 Å². The molecule has 0 bridgehead atoms. The number of pyridine rings is 1. The largest absolute Gasteiger partial charge is 0.339 e. The molecule has 4 rings (SSSR count). The van der Waals surface area contributed by atoms with E-state index in [1.54, 1.807) is 18.5 Å². The average Bonchev–Trinajstić information content (AvgIpc) is 3.37. The number of nitrogens with zero attached hydrogens (tertiary/aromatic N) is 4. The number of amides is 1. The lowest BCUT2D eigenvalue weighted by atomic mass is 10.0. The third-order valence-electron chi connectivity index (χ3n) is 4.36. The van der Waals surface area contributed by atoms with Crippen molar-refractivity contribution in [2.75, 3.05) is 5.32 Å². The summed E-state index contributed by atoms with van der Waals surface area (Å²) < 4.78 is 5.22. The number of nitrogens with one attached hydrogen (secondary N) is 1. The summed E-state index contributed by atoms with van der Waals surface area (Å²) in [5.41, 5.74) is 5.08. The second-order valence-electron chi connectivity index (χ2n) is 6.66. The number of aryl methyl sites for hydroxylation is 3. The molecule has 3 aromatic heterocycles. The van der Waals surface area contributed by atoms with Gasteiger partial charge in [0.2, 0.25) is 17.6 Å². The van der Waals surface area contributed by atoms with Crippen molar-refractivity contribution in [3.8, 4) is 22.6 Å². The van der Waals surface area contributed by atoms with Crippen LogP contribution >= 0.6 is 11.3 Å². The number of carbonyl (C=O) groups excluding carboxylic acids is 1. The van der Waals surface area contributed by atoms with Gasteiger partial charge in [-0.2, -0.15) is 4.98 Å². The molecule has 0 atom stereocenters. The van der Waals surface area contributed by atoms with E-state index in [-0.39, 0.29) is 12.3 Å². The van der Waals surface area contributed by atoms with Crippen molar-refractivity contribution in [2.24, 2.45) is 0 Å². The van der Waals surface area contributed by atoms with Crippen LogP contribution in [0.5, 0.6) is 0 Å². The van der Waals surface area contributed by atoms with E-state index in [1.165, 1.54) is 16.9 Å². The van der Waals surface area contributed by atoms with Crippen LogP contribution in [0.2, 0.25) is 0 Å². The Bertz CT molecular complexity index is 1140. The van der Waals surface area contributed by atoms with Gasteiger partial charge in [-0.25, -0.2) is 4.98 Å². The second-order valence-corrected chi connectivity index (χ2v) is 7.52. The zero-order chi connectivity index (χ0) is 20.2. The van der Waals surface area contributed by atoms with Crippen molar-refractivity contribution in [3.63, 3.8) is 0 Å². The van der Waals surface area contributed by atoms with Crippen LogP contribution in [0.15, 0.2) is 52.6 Å². The van der Waals surface area contributed by atoms with Crippen molar-refractivity contribution in [1.29, 1.82) is 0 Å². The molecule has 0 aliphatic rings. The maximum atomic E-state index is 12.3. The van der Waals surface area contributed by atoms with Gasteiger partial charge < -0.3 is 9.84 Å². The van der Waals surface area contributed by atoms with Crippen molar-refractivity contribution >= 4 is 22.4 Å². The zero-order valence-electron chi connectivity index (χ0n) is 16.0. The third kappa shape index (κ3) is 4.55. The molecule has 0 fully saturated rings. The van der Waals surface area contributed by atoms with Gasteiger partial charge in [0.05, 0.1) is 5.69 Å². The summed E-state index contributed by atoms with van der Waals surface area (Å²) in [6.07, 6.45) is 3.93. The lowest BCUT2D eigenvalue weighted by Crippen LogP contribution is -2.12. The quantitative estimate of drug-likeness (QED) is 0.510. The first-order valence-electron chi connectivity index (χ1n) is 9.14. The molecule has 1 amide bonds. The van der Waals surface area contributed by atoms with Crippen molar-refractivity contribution < 1.29 is 9.32 Å². The first-order valence-corrected chi connectivity index (χ1v) is 10.0. The molecule has 0 saturated heterocycles. The van der Waals surface area contributed by atoms with Gasteiger partial charge in [0.25, 0.3) is 0 Å². The summed E-state index contributed by atoms with van der Waals surface area (Å²) >= 11 is 1.41. The van der Waals surface area contributed by atoms with Gasteiger partial charge in [0.15, 0.2) is 5.13 Å². The summed E-state index contributed by atoms with van der Waals surface area (Å²) in [6.45, 7) is 4.12. The first kappa shape index (κ1) is 18.9. The number of thiazole rings is 1. The highest BCUT2D eigenvalue weighted by Crippen LogP contribution is 2.28. The molecule has 146 valence electrons. The minimum Gasteiger partial charge on any atom is -0.339 e. The van der Waals surface area contributed by atoms with E-state index in [9.17, 15) is 4.79 Å². The minimum absolute atomic E-state index is 0.146. The van der Waals surface area contributed by atoms with Gasteiger partial charge >= 0.3 is 0 Å². The molecule has 0 unspecified atom stereocenters. The zero-order valence-corrected chi connectivity index (χ0v) is 16.9. The highest BCUT2D eigenvalue weighted by Gasteiger charge is 2.13. The van der Waals surface area contributed by atoms with E-state index < -0.39 is 0 Å². The van der Waals surface area contributed by atoms with Crippen LogP contribution < -0.4 is 5.32 Å². The fourth-order valence-corrected chi connectivity index (χ4v) is 3.65. The van der Waals surface area contributed by atoms with Crippen LogP contribution in [0.4, 0.5) is 5.13 Å². The fraction of sp³-hybridized carbons (Fsp3) is 0.190. The normalized spacial score (nSPS) is 10.8. The molecular formula is C21H19N5O2S. The fourth-order valence-electron chi connectivity index (χ4n) is 2.93. The van der Waals surface area contributed by atoms with Gasteiger partial charge in [0, 0.05) is 41.7 Å². The van der Waals surface area contributed by atoms with Crippen LogP contribution in [0.25, 0.3) is 22.6 Å². The summed E-state index contributed by atoms with van der Waals surface area (Å²) in [5.74, 6) is 0.730. The van der Waals surface area contributed by atoms with Crippen LogP contribution in [0.1, 0.15) is 23.4 Å². The Hall–Kier alpha value is -3.39. The molecule has 8 heteroatoms. The Kier molecular flexibility index (Phi) is 5.44. The monoisotopic (exact) mass is 405 g/mol. The molecule has 7 nitrogen and oxygen atoms in total. The van der Waals surface area contributed by atoms with Crippen LogP contribution in [-0.4, -0.2) is 26.0 Å². The Morgan fingerprint density at radius 1 is 1.21 bits per heavy atom. The third-order valence-corrected chi connectivity index (χ3v) is 5.12. The standard InChI is InChI=1S/C21H19N5O2S/c1-13-5-6-16(14(2)10-13)17-12-29-21(23-17)24-18(27)7-8-19-25-20(26-28-19)15-4-3-9-22-11-15/h3-6,9-12H,7-8H2,1-2H3,(H,23,24,27). The predicted octanol–water partition coefficient (Wildman–Crippen LogP) is 4.44. The molecule has 1 N–H and O–H groups in total. The van der Waals surface area contributed by atoms with Gasteiger partial charge in [0.1, 0.15) is 0 Å².